The van der Waals surface area contributed by atoms with Crippen LogP contribution in [-0.4, -0.2) is 11.5 Å². The normalized spacial score (nSPS) is 18.9. The Morgan fingerprint density at radius 1 is 1.41 bits per heavy atom. The largest absolute Gasteiger partial charge is 0.396 e. The van der Waals surface area contributed by atoms with E-state index in [4.69, 9.17) is 5.73 Å². The molecule has 3 nitrogen and oxygen atoms in total. The van der Waals surface area contributed by atoms with Gasteiger partial charge in [-0.05, 0) is 40.3 Å². The van der Waals surface area contributed by atoms with Crippen molar-refractivity contribution >= 4 is 27.4 Å². The van der Waals surface area contributed by atoms with E-state index >= 15 is 0 Å². The zero-order chi connectivity index (χ0) is 12.3. The van der Waals surface area contributed by atoms with E-state index in [9.17, 15) is 0 Å². The van der Waals surface area contributed by atoms with Gasteiger partial charge in [0.25, 0.3) is 0 Å². The zero-order valence-corrected chi connectivity index (χ0v) is 11.9. The predicted octanol–water partition coefficient (Wildman–Crippen LogP) is 3.81. The third-order valence-electron chi connectivity index (χ3n) is 3.63. The summed E-state index contributed by atoms with van der Waals surface area (Å²) in [6.45, 7) is 3.32. The molecule has 1 fully saturated rings. The molecule has 1 saturated carbocycles. The minimum atomic E-state index is 0.402. The number of rotatable bonds is 3. The Bertz CT molecular complexity index is 386. The maximum Gasteiger partial charge on any atom is 0.149 e. The van der Waals surface area contributed by atoms with E-state index in [0.717, 1.165) is 16.8 Å². The number of pyridine rings is 1. The van der Waals surface area contributed by atoms with Crippen LogP contribution in [-0.2, 0) is 0 Å². The summed E-state index contributed by atoms with van der Waals surface area (Å²) < 4.78 is 0.921. The predicted molar refractivity (Wildman–Crippen MR) is 76.0 cm³/mol. The molecule has 94 valence electrons. The summed E-state index contributed by atoms with van der Waals surface area (Å²) in [6.07, 6.45) is 8.46. The van der Waals surface area contributed by atoms with Gasteiger partial charge < -0.3 is 11.1 Å². The highest BCUT2D eigenvalue weighted by Crippen LogP contribution is 2.36. The van der Waals surface area contributed by atoms with Crippen LogP contribution in [0.2, 0.25) is 0 Å². The molecule has 1 heterocycles. The third kappa shape index (κ3) is 3.35. The fraction of sp³-hybridized carbons (Fsp3) is 0.615. The first kappa shape index (κ1) is 12.7. The Kier molecular flexibility index (Phi) is 3.92. The molecule has 17 heavy (non-hydrogen) atoms. The minimum Gasteiger partial charge on any atom is -0.396 e. The maximum atomic E-state index is 5.93. The van der Waals surface area contributed by atoms with Gasteiger partial charge in [0, 0.05) is 17.2 Å². The fourth-order valence-corrected chi connectivity index (χ4v) is 2.83. The van der Waals surface area contributed by atoms with Crippen LogP contribution in [0.4, 0.5) is 11.5 Å². The lowest BCUT2D eigenvalue weighted by Crippen LogP contribution is -2.29. The second kappa shape index (κ2) is 5.25. The number of anilines is 2. The smallest absolute Gasteiger partial charge is 0.149 e. The molecule has 1 aliphatic carbocycles. The fourth-order valence-electron chi connectivity index (χ4n) is 2.48. The van der Waals surface area contributed by atoms with Crippen LogP contribution in [0.1, 0.15) is 39.0 Å². The highest BCUT2D eigenvalue weighted by atomic mass is 79.9. The van der Waals surface area contributed by atoms with E-state index in [2.05, 4.69) is 33.2 Å². The van der Waals surface area contributed by atoms with Crippen LogP contribution in [0.3, 0.4) is 0 Å². The molecule has 1 aromatic heterocycles. The molecule has 1 aliphatic rings. The summed E-state index contributed by atoms with van der Waals surface area (Å²) in [7, 11) is 0. The van der Waals surface area contributed by atoms with Gasteiger partial charge in [-0.3, -0.25) is 0 Å². The van der Waals surface area contributed by atoms with Gasteiger partial charge in [0.15, 0.2) is 0 Å². The summed E-state index contributed by atoms with van der Waals surface area (Å²) in [4.78, 5) is 4.31. The van der Waals surface area contributed by atoms with Gasteiger partial charge in [-0.1, -0.05) is 26.2 Å². The maximum absolute atomic E-state index is 5.93. The molecular weight excluding hydrogens is 278 g/mol. The Morgan fingerprint density at radius 2 is 2.12 bits per heavy atom. The number of nitrogens with two attached hydrogens (primary N) is 1. The van der Waals surface area contributed by atoms with Crippen molar-refractivity contribution in [2.75, 3.05) is 17.6 Å². The Morgan fingerprint density at radius 3 is 2.76 bits per heavy atom. The summed E-state index contributed by atoms with van der Waals surface area (Å²) in [5.74, 6) is 0.806. The molecule has 0 amide bonds. The van der Waals surface area contributed by atoms with Gasteiger partial charge in [0.1, 0.15) is 5.82 Å². The lowest BCUT2D eigenvalue weighted by Gasteiger charge is -2.33. The minimum absolute atomic E-state index is 0.402. The van der Waals surface area contributed by atoms with Crippen LogP contribution in [0.15, 0.2) is 16.7 Å². The van der Waals surface area contributed by atoms with Gasteiger partial charge in [-0.2, -0.15) is 0 Å². The van der Waals surface area contributed by atoms with E-state index in [0.29, 0.717) is 11.1 Å². The first-order valence-electron chi connectivity index (χ1n) is 6.24. The van der Waals surface area contributed by atoms with Crippen LogP contribution < -0.4 is 11.1 Å². The van der Waals surface area contributed by atoms with Gasteiger partial charge >= 0.3 is 0 Å². The molecule has 0 aromatic carbocycles. The number of halogens is 1. The Labute approximate surface area is 111 Å². The summed E-state index contributed by atoms with van der Waals surface area (Å²) in [5, 5.41) is 3.39. The standard InChI is InChI=1S/C13H20BrN3/c1-13(5-3-2-4-6-13)9-17-12-11(15)7-10(14)8-16-12/h7-8H,2-6,9,15H2,1H3,(H,16,17). The van der Waals surface area contributed by atoms with Gasteiger partial charge in [-0.15, -0.1) is 0 Å². The molecule has 0 spiro atoms. The van der Waals surface area contributed by atoms with Crippen molar-refractivity contribution in [2.24, 2.45) is 5.41 Å². The molecule has 3 N–H and O–H groups in total. The molecule has 0 aliphatic heterocycles. The lowest BCUT2D eigenvalue weighted by atomic mass is 9.76. The number of nitrogens with zero attached hydrogens (tertiary/aromatic N) is 1. The molecule has 0 atom stereocenters. The summed E-state index contributed by atoms with van der Waals surface area (Å²) >= 11 is 3.36. The highest BCUT2D eigenvalue weighted by molar-refractivity contribution is 9.10. The molecule has 0 radical (unpaired) electrons. The van der Waals surface area contributed by atoms with E-state index in [1.807, 2.05) is 6.07 Å². The average Bonchev–Trinajstić information content (AvgIpc) is 2.29. The van der Waals surface area contributed by atoms with Crippen LogP contribution in [0.5, 0.6) is 0 Å². The molecule has 4 heteroatoms. The molecule has 0 unspecified atom stereocenters. The lowest BCUT2D eigenvalue weighted by molar-refractivity contribution is 0.233. The number of nitrogens with one attached hydrogen (secondary N) is 1. The highest BCUT2D eigenvalue weighted by Gasteiger charge is 2.26. The van der Waals surface area contributed by atoms with E-state index in [-0.39, 0.29) is 0 Å². The third-order valence-corrected chi connectivity index (χ3v) is 4.06. The number of nitrogen functional groups attached to an aromatic ring is 1. The van der Waals surface area contributed by atoms with Crippen molar-refractivity contribution in [1.82, 2.24) is 4.98 Å². The molecule has 1 aromatic rings. The van der Waals surface area contributed by atoms with Gasteiger partial charge in [-0.25, -0.2) is 4.98 Å². The summed E-state index contributed by atoms with van der Waals surface area (Å²) in [6, 6.07) is 1.89. The molecule has 0 saturated heterocycles. The van der Waals surface area contributed by atoms with Crippen molar-refractivity contribution in [2.45, 2.75) is 39.0 Å². The number of hydrogen-bond acceptors (Lipinski definition) is 3. The first-order chi connectivity index (χ1) is 8.09. The van der Waals surface area contributed by atoms with E-state index in [1.54, 1.807) is 6.20 Å². The van der Waals surface area contributed by atoms with Crippen LogP contribution in [0, 0.1) is 5.41 Å². The topological polar surface area (TPSA) is 50.9 Å². The van der Waals surface area contributed by atoms with Crippen molar-refractivity contribution in [1.29, 1.82) is 0 Å². The number of hydrogen-bond donors (Lipinski definition) is 2. The van der Waals surface area contributed by atoms with Crippen molar-refractivity contribution in [3.8, 4) is 0 Å². The number of aromatic nitrogens is 1. The Hall–Kier alpha value is -0.770. The van der Waals surface area contributed by atoms with Crippen LogP contribution >= 0.6 is 15.9 Å². The second-order valence-corrected chi connectivity index (χ2v) is 6.23. The average molecular weight is 298 g/mol. The molecule has 0 bridgehead atoms. The molecular formula is C13H20BrN3. The van der Waals surface area contributed by atoms with Crippen molar-refractivity contribution in [3.05, 3.63) is 16.7 Å². The first-order valence-corrected chi connectivity index (χ1v) is 7.03. The van der Waals surface area contributed by atoms with Crippen molar-refractivity contribution in [3.63, 3.8) is 0 Å². The van der Waals surface area contributed by atoms with E-state index < -0.39 is 0 Å². The quantitative estimate of drug-likeness (QED) is 0.892. The molecule has 2 rings (SSSR count). The van der Waals surface area contributed by atoms with Crippen molar-refractivity contribution < 1.29 is 0 Å². The van der Waals surface area contributed by atoms with Crippen LogP contribution in [0.25, 0.3) is 0 Å². The monoisotopic (exact) mass is 297 g/mol. The van der Waals surface area contributed by atoms with Gasteiger partial charge in [0.2, 0.25) is 0 Å². The second-order valence-electron chi connectivity index (χ2n) is 5.32. The summed E-state index contributed by atoms with van der Waals surface area (Å²) in [5.41, 5.74) is 7.03. The SMILES string of the molecule is CC1(CNc2ncc(Br)cc2N)CCCCC1. The van der Waals surface area contributed by atoms with Gasteiger partial charge in [0.05, 0.1) is 5.69 Å². The zero-order valence-electron chi connectivity index (χ0n) is 10.3. The Balaban J connectivity index is 1.97. The van der Waals surface area contributed by atoms with E-state index in [1.165, 1.54) is 32.1 Å².